The van der Waals surface area contributed by atoms with Gasteiger partial charge in [-0.3, -0.25) is 0 Å². The van der Waals surface area contributed by atoms with Crippen LogP contribution in [0.1, 0.15) is 6.42 Å². The van der Waals surface area contributed by atoms with Crippen LogP contribution in [0.2, 0.25) is 0 Å². The average molecular weight is 365 g/mol. The van der Waals surface area contributed by atoms with Crippen LogP contribution in [-0.2, 0) is 9.84 Å². The topological polar surface area (TPSA) is 57.9 Å². The maximum absolute atomic E-state index is 12.6. The van der Waals surface area contributed by atoms with E-state index in [1.807, 2.05) is 0 Å². The Morgan fingerprint density at radius 3 is 1.86 bits per heavy atom. The predicted molar refractivity (Wildman–Crippen MR) is 57.3 cm³/mol. The van der Waals surface area contributed by atoms with E-state index in [0.29, 0.717) is 0 Å². The summed E-state index contributed by atoms with van der Waals surface area (Å²) in [6, 6.07) is 0.933. The molecule has 0 aromatic rings. The zero-order chi connectivity index (χ0) is 17.1. The van der Waals surface area contributed by atoms with Gasteiger partial charge in [-0.05, 0) is 6.42 Å². The molecule has 0 amide bonds. The molecule has 0 heterocycles. The van der Waals surface area contributed by atoms with E-state index in [4.69, 9.17) is 5.26 Å². The Bertz CT molecular complexity index is 490. The molecule has 0 aromatic heterocycles. The van der Waals surface area contributed by atoms with Gasteiger partial charge in [0.05, 0.1) is 6.07 Å². The van der Waals surface area contributed by atoms with Gasteiger partial charge in [0.15, 0.2) is 9.84 Å². The Morgan fingerprint density at radius 2 is 1.52 bits per heavy atom. The summed E-state index contributed by atoms with van der Waals surface area (Å²) in [6.07, 6.45) is -7.16. The fraction of sp³-hybridized carbons (Fsp3) is 0.875. The van der Waals surface area contributed by atoms with Gasteiger partial charge in [0.25, 0.3) is 0 Å². The van der Waals surface area contributed by atoms with E-state index >= 15 is 0 Å². The molecule has 0 aromatic carbocycles. The molecule has 0 aliphatic heterocycles. The second-order valence-corrected chi connectivity index (χ2v) is 7.05. The molecule has 0 rings (SSSR count). The fourth-order valence-electron chi connectivity index (χ4n) is 1.04. The normalized spacial score (nSPS) is 15.6. The van der Waals surface area contributed by atoms with Crippen molar-refractivity contribution in [1.82, 2.24) is 0 Å². The maximum atomic E-state index is 12.6. The Morgan fingerprint density at radius 1 is 1.05 bits per heavy atom. The molecule has 21 heavy (non-hydrogen) atoms. The monoisotopic (exact) mass is 365 g/mol. The van der Waals surface area contributed by atoms with Gasteiger partial charge in [-0.2, -0.15) is 40.4 Å². The summed E-state index contributed by atoms with van der Waals surface area (Å²) >= 11 is -0.708. The van der Waals surface area contributed by atoms with E-state index in [0.717, 1.165) is 6.07 Å². The molecule has 0 radical (unpaired) electrons. The fourth-order valence-corrected chi connectivity index (χ4v) is 3.28. The molecule has 3 nitrogen and oxygen atoms in total. The maximum Gasteiger partial charge on any atom is 0.454 e. The quantitative estimate of drug-likeness (QED) is 0.679. The first-order valence-electron chi connectivity index (χ1n) is 4.89. The highest BCUT2D eigenvalue weighted by Crippen LogP contribution is 2.37. The van der Waals surface area contributed by atoms with Crippen molar-refractivity contribution in [2.75, 3.05) is 11.5 Å². The van der Waals surface area contributed by atoms with E-state index in [2.05, 4.69) is 0 Å². The van der Waals surface area contributed by atoms with Gasteiger partial charge in [-0.25, -0.2) is 8.42 Å². The summed E-state index contributed by atoms with van der Waals surface area (Å²) in [6.45, 7) is 0. The lowest BCUT2D eigenvalue weighted by atomic mass is 10.4. The van der Waals surface area contributed by atoms with Crippen molar-refractivity contribution in [3.63, 3.8) is 0 Å². The smallest absolute Gasteiger partial charge is 0.227 e. The lowest BCUT2D eigenvalue weighted by molar-refractivity contribution is -0.271. The van der Waals surface area contributed by atoms with Crippen LogP contribution in [0.5, 0.6) is 0 Å². The minimum absolute atomic E-state index is 0.708. The third kappa shape index (κ3) is 6.68. The average Bonchev–Trinajstić information content (AvgIpc) is 2.19. The molecular formula is C8H7F8NO2S2. The molecule has 0 aliphatic rings. The Labute approximate surface area is 118 Å². The number of nitriles is 1. The number of alkyl halides is 8. The summed E-state index contributed by atoms with van der Waals surface area (Å²) in [7, 11) is -5.24. The third-order valence-electron chi connectivity index (χ3n) is 2.02. The number of sulfone groups is 1. The molecule has 0 saturated carbocycles. The second-order valence-electron chi connectivity index (χ2n) is 3.71. The summed E-state index contributed by atoms with van der Waals surface area (Å²) in [5.41, 5.74) is -4.74. The molecule has 0 N–H and O–H groups in total. The summed E-state index contributed by atoms with van der Waals surface area (Å²) in [5, 5.41) is 6.07. The van der Waals surface area contributed by atoms with Gasteiger partial charge in [0.1, 0.15) is 11.0 Å². The van der Waals surface area contributed by atoms with Gasteiger partial charge in [0, 0.05) is 5.75 Å². The third-order valence-corrected chi connectivity index (χ3v) is 4.76. The lowest BCUT2D eigenvalue weighted by Gasteiger charge is -2.20. The molecule has 0 bridgehead atoms. The van der Waals surface area contributed by atoms with Crippen LogP contribution in [0.25, 0.3) is 0 Å². The summed E-state index contributed by atoms with van der Waals surface area (Å²) < 4.78 is 119. The zero-order valence-corrected chi connectivity index (χ0v) is 11.4. The van der Waals surface area contributed by atoms with Crippen molar-refractivity contribution in [2.24, 2.45) is 0 Å². The Kier molecular flexibility index (Phi) is 6.31. The predicted octanol–water partition coefficient (Wildman–Crippen LogP) is 3.13. The summed E-state index contributed by atoms with van der Waals surface area (Å²) in [5.74, 6) is -9.23. The highest BCUT2D eigenvalue weighted by molar-refractivity contribution is 8.00. The number of hydrogen-bond donors (Lipinski definition) is 0. The van der Waals surface area contributed by atoms with Crippen LogP contribution in [0.15, 0.2) is 0 Å². The lowest BCUT2D eigenvalue weighted by Crippen LogP contribution is -2.44. The molecule has 0 spiro atoms. The Balaban J connectivity index is 4.92. The van der Waals surface area contributed by atoms with Crippen LogP contribution in [0, 0.1) is 11.3 Å². The van der Waals surface area contributed by atoms with Crippen molar-refractivity contribution in [1.29, 1.82) is 5.26 Å². The van der Waals surface area contributed by atoms with E-state index < -0.39 is 62.4 Å². The van der Waals surface area contributed by atoms with Gasteiger partial charge in [0.2, 0.25) is 0 Å². The molecule has 0 fully saturated rings. The number of halogens is 8. The van der Waals surface area contributed by atoms with Gasteiger partial charge >= 0.3 is 17.6 Å². The van der Waals surface area contributed by atoms with Crippen molar-refractivity contribution < 1.29 is 43.5 Å². The van der Waals surface area contributed by atoms with Crippen molar-refractivity contribution in [2.45, 2.75) is 29.3 Å². The molecule has 13 heteroatoms. The van der Waals surface area contributed by atoms with Gasteiger partial charge in [-0.15, -0.1) is 0 Å². The molecule has 0 aliphatic carbocycles. The second kappa shape index (κ2) is 6.55. The first-order valence-corrected chi connectivity index (χ1v) is 7.59. The van der Waals surface area contributed by atoms with Crippen molar-refractivity contribution in [3.8, 4) is 6.07 Å². The van der Waals surface area contributed by atoms with Crippen LogP contribution < -0.4 is 0 Å². The van der Waals surface area contributed by atoms with Crippen molar-refractivity contribution >= 4 is 21.6 Å². The van der Waals surface area contributed by atoms with Crippen LogP contribution in [0.3, 0.4) is 0 Å². The highest BCUT2D eigenvalue weighted by atomic mass is 32.2. The first-order chi connectivity index (χ1) is 9.12. The highest BCUT2D eigenvalue weighted by Gasteiger charge is 2.60. The van der Waals surface area contributed by atoms with Crippen molar-refractivity contribution in [3.05, 3.63) is 0 Å². The van der Waals surface area contributed by atoms with E-state index in [9.17, 15) is 43.5 Å². The van der Waals surface area contributed by atoms with E-state index in [-0.39, 0.29) is 0 Å². The van der Waals surface area contributed by atoms with E-state index in [1.165, 1.54) is 0 Å². The minimum atomic E-state index is -6.14. The first kappa shape index (κ1) is 20.2. The molecular weight excluding hydrogens is 358 g/mol. The van der Waals surface area contributed by atoms with Gasteiger partial charge in [-0.1, -0.05) is 11.8 Å². The summed E-state index contributed by atoms with van der Waals surface area (Å²) in [4.78, 5) is 0. The molecule has 124 valence electrons. The molecule has 0 saturated heterocycles. The van der Waals surface area contributed by atoms with Crippen LogP contribution in [0.4, 0.5) is 35.1 Å². The molecule has 1 unspecified atom stereocenters. The Hall–Kier alpha value is -0.770. The largest absolute Gasteiger partial charge is 0.454 e. The number of nitrogens with zero attached hydrogens (tertiary/aromatic N) is 1. The van der Waals surface area contributed by atoms with E-state index in [1.54, 1.807) is 0 Å². The zero-order valence-electron chi connectivity index (χ0n) is 9.80. The van der Waals surface area contributed by atoms with Crippen LogP contribution in [-0.4, -0.2) is 42.8 Å². The standard InChI is InChI=1S/C8H7F8NO2S2/c9-6(10,7(11,12)13)4-21(18,19)5(3-17)1-2-20-8(14,15)16/h5H,1-2,4H2. The number of thioether (sulfide) groups is 1. The number of hydrogen-bond acceptors (Lipinski definition) is 4. The van der Waals surface area contributed by atoms with Crippen LogP contribution >= 0.6 is 11.8 Å². The number of rotatable bonds is 6. The molecule has 1 atom stereocenters. The van der Waals surface area contributed by atoms with Gasteiger partial charge < -0.3 is 0 Å². The minimum Gasteiger partial charge on any atom is -0.227 e. The SMILES string of the molecule is N#CC(CCSC(F)(F)F)S(=O)(=O)CC(F)(F)C(F)(F)F.